The van der Waals surface area contributed by atoms with Gasteiger partial charge in [0.2, 0.25) is 0 Å². The van der Waals surface area contributed by atoms with Crippen molar-refractivity contribution >= 4 is 17.5 Å². The van der Waals surface area contributed by atoms with Gasteiger partial charge in [0.05, 0.1) is 0 Å². The second-order valence-corrected chi connectivity index (χ2v) is 12.9. The lowest BCUT2D eigenvalue weighted by Crippen LogP contribution is -2.69. The van der Waals surface area contributed by atoms with Crippen LogP contribution in [0.15, 0.2) is 42.5 Å². The van der Waals surface area contributed by atoms with Crippen LogP contribution in [-0.4, -0.2) is 52.5 Å². The van der Waals surface area contributed by atoms with Crippen molar-refractivity contribution < 1.29 is 9.90 Å². The molecular weight excluding hydrogens is 456 g/mol. The van der Waals surface area contributed by atoms with E-state index in [4.69, 9.17) is 11.6 Å². The van der Waals surface area contributed by atoms with Crippen LogP contribution in [0.3, 0.4) is 0 Å². The first kappa shape index (κ1) is 21.1. The molecule has 2 aromatic carbocycles. The topological polar surface area (TPSA) is 43.8 Å². The first-order valence-corrected chi connectivity index (χ1v) is 14.0. The summed E-state index contributed by atoms with van der Waals surface area (Å²) in [7, 11) is 0. The molecule has 2 saturated heterocycles. The fourth-order valence-electron chi connectivity index (χ4n) is 9.97. The van der Waals surface area contributed by atoms with E-state index in [1.807, 2.05) is 30.3 Å². The molecule has 3 saturated carbocycles. The van der Waals surface area contributed by atoms with Crippen molar-refractivity contribution in [1.29, 1.82) is 0 Å². The third-order valence-electron chi connectivity index (χ3n) is 11.1. The summed E-state index contributed by atoms with van der Waals surface area (Å²) in [5.74, 6) is 2.48. The summed E-state index contributed by atoms with van der Waals surface area (Å²) in [6.45, 7) is 3.30. The van der Waals surface area contributed by atoms with Gasteiger partial charge in [-0.2, -0.15) is 0 Å². The Kier molecular flexibility index (Phi) is 4.24. The Morgan fingerprint density at radius 1 is 1.11 bits per heavy atom. The molecule has 1 N–H and O–H groups in total. The zero-order valence-electron chi connectivity index (χ0n) is 20.1. The number of carbonyl (C=O) groups excluding carboxylic acids is 1. The van der Waals surface area contributed by atoms with E-state index in [1.165, 1.54) is 49.8 Å². The van der Waals surface area contributed by atoms with Gasteiger partial charge in [-0.25, -0.2) is 0 Å². The molecule has 8 rings (SSSR count). The number of amides is 1. The summed E-state index contributed by atoms with van der Waals surface area (Å²) in [6, 6.07) is 14.6. The van der Waals surface area contributed by atoms with E-state index in [0.717, 1.165) is 31.8 Å². The van der Waals surface area contributed by atoms with Gasteiger partial charge in [0, 0.05) is 41.2 Å². The molecule has 5 fully saturated rings. The van der Waals surface area contributed by atoms with E-state index in [2.05, 4.69) is 21.9 Å². The van der Waals surface area contributed by atoms with Crippen molar-refractivity contribution in [2.24, 2.45) is 23.2 Å². The van der Waals surface area contributed by atoms with Crippen molar-refractivity contribution in [2.75, 3.05) is 19.6 Å². The van der Waals surface area contributed by atoms with Crippen molar-refractivity contribution in [2.45, 2.75) is 62.4 Å². The first-order chi connectivity index (χ1) is 17.0. The molecule has 6 aliphatic rings. The van der Waals surface area contributed by atoms with Crippen LogP contribution in [0.2, 0.25) is 5.02 Å². The maximum absolute atomic E-state index is 13.7. The number of likely N-dealkylation sites (tertiary alicyclic amines) is 2. The summed E-state index contributed by atoms with van der Waals surface area (Å²) in [4.78, 5) is 18.8. The molecule has 6 atom stereocenters. The maximum atomic E-state index is 13.7. The Hall–Kier alpha value is -2.04. The first-order valence-electron chi connectivity index (χ1n) is 13.6. The molecule has 0 aromatic heterocycles. The van der Waals surface area contributed by atoms with Crippen molar-refractivity contribution in [3.63, 3.8) is 0 Å². The third kappa shape index (κ3) is 2.65. The van der Waals surface area contributed by atoms with Gasteiger partial charge in [-0.1, -0.05) is 23.7 Å². The Bertz CT molecular complexity index is 1240. The number of halogens is 1. The highest BCUT2D eigenvalue weighted by Crippen LogP contribution is 2.75. The smallest absolute Gasteiger partial charge is 0.254 e. The molecule has 0 spiro atoms. The quantitative estimate of drug-likeness (QED) is 0.640. The fraction of sp³-hybridized carbons (Fsp3) is 0.567. The van der Waals surface area contributed by atoms with Crippen LogP contribution in [-0.2, 0) is 11.8 Å². The summed E-state index contributed by atoms with van der Waals surface area (Å²) in [5.41, 5.74) is 3.96. The Morgan fingerprint density at radius 3 is 2.83 bits per heavy atom. The molecule has 2 aliphatic heterocycles. The van der Waals surface area contributed by atoms with Gasteiger partial charge in [-0.3, -0.25) is 9.69 Å². The molecule has 4 nitrogen and oxygen atoms in total. The molecule has 5 heteroatoms. The highest BCUT2D eigenvalue weighted by molar-refractivity contribution is 6.30. The maximum Gasteiger partial charge on any atom is 0.254 e. The van der Waals surface area contributed by atoms with Crippen LogP contribution < -0.4 is 0 Å². The molecule has 2 heterocycles. The van der Waals surface area contributed by atoms with Crippen molar-refractivity contribution in [1.82, 2.24) is 9.80 Å². The molecule has 35 heavy (non-hydrogen) atoms. The van der Waals surface area contributed by atoms with Gasteiger partial charge in [0.1, 0.15) is 5.75 Å². The standard InChI is InChI=1S/C30H33ClN2O2/c31-22-3-1-2-20(12-22)28(35)33-17-21-15-29-9-8-25(33)27(21)30(29)10-11-32(16-18-4-5-18)26(29)13-19-6-7-23(34)14-24(19)30/h1-3,6-7,12,14,18,21,25-27,34H,4-5,8-11,13,15-17H2/t21-,25-,26-,27-,29-,30+/m1/s1. The molecule has 4 bridgehead atoms. The van der Waals surface area contributed by atoms with Crippen LogP contribution in [0.1, 0.15) is 60.0 Å². The van der Waals surface area contributed by atoms with Crippen LogP contribution in [0.4, 0.5) is 0 Å². The van der Waals surface area contributed by atoms with Crippen LogP contribution in [0.25, 0.3) is 0 Å². The zero-order chi connectivity index (χ0) is 23.5. The number of hydrogen-bond acceptors (Lipinski definition) is 3. The average Bonchev–Trinajstić information content (AvgIpc) is 3.54. The second kappa shape index (κ2) is 7.04. The minimum absolute atomic E-state index is 0.0843. The SMILES string of the molecule is O=C(c1cccc(Cl)c1)N1C[C@H]2C[C@@]34CC[C@@H]1[C@@H]2[C@@]31CCN(CC2CC2)[C@@H]4Cc2ccc(O)cc21. The lowest BCUT2D eigenvalue weighted by molar-refractivity contribution is -0.102. The normalized spacial score (nSPS) is 38.8. The number of nitrogens with zero attached hydrogens (tertiary/aromatic N) is 2. The number of piperidine rings is 1. The minimum atomic E-state index is 0.0843. The molecule has 2 aromatic rings. The number of hydrogen-bond donors (Lipinski definition) is 1. The van der Waals surface area contributed by atoms with E-state index in [9.17, 15) is 9.90 Å². The molecule has 0 unspecified atom stereocenters. The zero-order valence-corrected chi connectivity index (χ0v) is 20.9. The largest absolute Gasteiger partial charge is 0.508 e. The Labute approximate surface area is 212 Å². The molecule has 1 amide bonds. The van der Waals surface area contributed by atoms with Crippen LogP contribution >= 0.6 is 11.6 Å². The van der Waals surface area contributed by atoms with Crippen LogP contribution in [0, 0.1) is 23.2 Å². The predicted octanol–water partition coefficient (Wildman–Crippen LogP) is 5.26. The van der Waals surface area contributed by atoms with E-state index < -0.39 is 0 Å². The number of phenolic OH excluding ortho intramolecular Hbond substituents is 1. The third-order valence-corrected chi connectivity index (χ3v) is 11.3. The monoisotopic (exact) mass is 488 g/mol. The number of fused-ring (bicyclic) bond motifs is 1. The number of benzene rings is 2. The van der Waals surface area contributed by atoms with Crippen molar-refractivity contribution in [3.8, 4) is 5.75 Å². The van der Waals surface area contributed by atoms with Gasteiger partial charge >= 0.3 is 0 Å². The number of carbonyl (C=O) groups is 1. The fourth-order valence-corrected chi connectivity index (χ4v) is 10.2. The number of aromatic hydroxyl groups is 1. The molecular formula is C30H33ClN2O2. The van der Waals surface area contributed by atoms with E-state index >= 15 is 0 Å². The Morgan fingerprint density at radius 2 is 2.00 bits per heavy atom. The lowest BCUT2D eigenvalue weighted by Gasteiger charge is -2.66. The Balaban J connectivity index is 1.24. The number of rotatable bonds is 3. The summed E-state index contributed by atoms with van der Waals surface area (Å²) in [6.07, 6.45) is 8.64. The minimum Gasteiger partial charge on any atom is -0.508 e. The van der Waals surface area contributed by atoms with Gasteiger partial charge in [0.25, 0.3) is 5.91 Å². The van der Waals surface area contributed by atoms with Gasteiger partial charge < -0.3 is 10.0 Å². The lowest BCUT2D eigenvalue weighted by atomic mass is 9.43. The highest BCUT2D eigenvalue weighted by atomic mass is 35.5. The highest BCUT2D eigenvalue weighted by Gasteiger charge is 2.76. The van der Waals surface area contributed by atoms with E-state index in [-0.39, 0.29) is 22.8 Å². The van der Waals surface area contributed by atoms with Crippen molar-refractivity contribution in [3.05, 3.63) is 64.2 Å². The van der Waals surface area contributed by atoms with Gasteiger partial charge in [0.15, 0.2) is 0 Å². The van der Waals surface area contributed by atoms with Gasteiger partial charge in [-0.15, -0.1) is 0 Å². The van der Waals surface area contributed by atoms with E-state index in [0.29, 0.717) is 34.2 Å². The summed E-state index contributed by atoms with van der Waals surface area (Å²) < 4.78 is 0. The van der Waals surface area contributed by atoms with E-state index in [1.54, 1.807) is 0 Å². The summed E-state index contributed by atoms with van der Waals surface area (Å²) in [5, 5.41) is 11.2. The summed E-state index contributed by atoms with van der Waals surface area (Å²) >= 11 is 6.25. The van der Waals surface area contributed by atoms with Gasteiger partial charge in [-0.05, 0) is 116 Å². The van der Waals surface area contributed by atoms with Crippen LogP contribution in [0.5, 0.6) is 5.75 Å². The molecule has 182 valence electrons. The number of phenols is 1. The predicted molar refractivity (Wildman–Crippen MR) is 136 cm³/mol. The molecule has 0 radical (unpaired) electrons. The second-order valence-electron chi connectivity index (χ2n) is 12.4. The molecule has 4 aliphatic carbocycles. The average molecular weight is 489 g/mol.